The van der Waals surface area contributed by atoms with Crippen molar-refractivity contribution in [1.82, 2.24) is 9.88 Å². The van der Waals surface area contributed by atoms with Crippen LogP contribution in [0, 0.1) is 0 Å². The Morgan fingerprint density at radius 2 is 2.30 bits per heavy atom. The summed E-state index contributed by atoms with van der Waals surface area (Å²) in [7, 11) is 0. The fraction of sp³-hybridized carbons (Fsp3) is 0.286. The number of amides is 1. The zero-order valence-corrected chi connectivity index (χ0v) is 13.1. The molecule has 20 heavy (non-hydrogen) atoms. The minimum Gasteiger partial charge on any atom is -0.465 e. The topological polar surface area (TPSA) is 42.4 Å². The van der Waals surface area contributed by atoms with Crippen molar-refractivity contribution in [3.8, 4) is 5.19 Å². The molecule has 2 aromatic rings. The molecule has 4 nitrogen and oxygen atoms in total. The van der Waals surface area contributed by atoms with Gasteiger partial charge in [0.1, 0.15) is 6.10 Å². The standard InChI is InChI=1S/C14H13BrN2O2S/c15-12-4-2-1-3-11(12)13(18)17-7-5-10(9-17)19-14-16-6-8-20-14/h1-4,6,8,10H,5,7,9H2. The second-order valence-electron chi connectivity index (χ2n) is 4.56. The number of carbonyl (C=O) groups is 1. The summed E-state index contributed by atoms with van der Waals surface area (Å²) in [6.07, 6.45) is 2.60. The average Bonchev–Trinajstić information content (AvgIpc) is 3.11. The normalized spacial score (nSPS) is 18.2. The van der Waals surface area contributed by atoms with Gasteiger partial charge in [-0.15, -0.1) is 0 Å². The van der Waals surface area contributed by atoms with Gasteiger partial charge in [-0.05, 0) is 28.1 Å². The molecular weight excluding hydrogens is 340 g/mol. The monoisotopic (exact) mass is 352 g/mol. The largest absolute Gasteiger partial charge is 0.465 e. The van der Waals surface area contributed by atoms with Gasteiger partial charge in [-0.2, -0.15) is 0 Å². The number of hydrogen-bond donors (Lipinski definition) is 0. The van der Waals surface area contributed by atoms with E-state index < -0.39 is 0 Å². The number of carbonyl (C=O) groups excluding carboxylic acids is 1. The van der Waals surface area contributed by atoms with Crippen LogP contribution >= 0.6 is 27.3 Å². The minimum atomic E-state index is 0.0348. The first-order chi connectivity index (χ1) is 9.74. The summed E-state index contributed by atoms with van der Waals surface area (Å²) in [5.41, 5.74) is 0.697. The predicted octanol–water partition coefficient (Wildman–Crippen LogP) is 3.20. The number of nitrogens with zero attached hydrogens (tertiary/aromatic N) is 2. The number of aromatic nitrogens is 1. The van der Waals surface area contributed by atoms with Gasteiger partial charge in [0.2, 0.25) is 0 Å². The highest BCUT2D eigenvalue weighted by Crippen LogP contribution is 2.23. The van der Waals surface area contributed by atoms with Crippen molar-refractivity contribution in [3.05, 3.63) is 45.9 Å². The lowest BCUT2D eigenvalue weighted by atomic mass is 10.2. The Labute approximate surface area is 129 Å². The van der Waals surface area contributed by atoms with Crippen LogP contribution in [-0.4, -0.2) is 35.0 Å². The molecule has 6 heteroatoms. The third-order valence-electron chi connectivity index (χ3n) is 3.21. The van der Waals surface area contributed by atoms with E-state index in [2.05, 4.69) is 20.9 Å². The zero-order valence-electron chi connectivity index (χ0n) is 10.7. The van der Waals surface area contributed by atoms with Crippen molar-refractivity contribution in [1.29, 1.82) is 0 Å². The minimum absolute atomic E-state index is 0.0348. The molecule has 1 unspecified atom stereocenters. The van der Waals surface area contributed by atoms with Crippen LogP contribution in [0.15, 0.2) is 40.3 Å². The summed E-state index contributed by atoms with van der Waals surface area (Å²) in [4.78, 5) is 18.4. The maximum absolute atomic E-state index is 12.4. The van der Waals surface area contributed by atoms with E-state index in [-0.39, 0.29) is 12.0 Å². The number of thiazole rings is 1. The molecule has 1 aliphatic heterocycles. The molecule has 0 saturated carbocycles. The third kappa shape index (κ3) is 2.86. The van der Waals surface area contributed by atoms with Crippen molar-refractivity contribution in [2.75, 3.05) is 13.1 Å². The fourth-order valence-electron chi connectivity index (χ4n) is 2.22. The fourth-order valence-corrected chi connectivity index (χ4v) is 3.23. The summed E-state index contributed by atoms with van der Waals surface area (Å²) in [6, 6.07) is 7.49. The van der Waals surface area contributed by atoms with E-state index in [0.29, 0.717) is 17.3 Å². The molecule has 1 fully saturated rings. The first-order valence-electron chi connectivity index (χ1n) is 6.34. The van der Waals surface area contributed by atoms with Crippen LogP contribution < -0.4 is 4.74 Å². The summed E-state index contributed by atoms with van der Waals surface area (Å²) < 4.78 is 6.59. The molecule has 0 N–H and O–H groups in total. The van der Waals surface area contributed by atoms with E-state index in [9.17, 15) is 4.79 Å². The summed E-state index contributed by atoms with van der Waals surface area (Å²) in [6.45, 7) is 1.33. The lowest BCUT2D eigenvalue weighted by Gasteiger charge is -2.17. The van der Waals surface area contributed by atoms with Crippen molar-refractivity contribution in [2.45, 2.75) is 12.5 Å². The number of halogens is 1. The SMILES string of the molecule is O=C(c1ccccc1Br)N1CCC(Oc2nccs2)C1. The van der Waals surface area contributed by atoms with E-state index in [1.165, 1.54) is 11.3 Å². The molecular formula is C14H13BrN2O2S. The van der Waals surface area contributed by atoms with Crippen molar-refractivity contribution < 1.29 is 9.53 Å². The molecule has 1 amide bonds. The molecule has 104 valence electrons. The molecule has 1 aliphatic rings. The molecule has 0 spiro atoms. The zero-order chi connectivity index (χ0) is 13.9. The first kappa shape index (κ1) is 13.6. The van der Waals surface area contributed by atoms with Gasteiger partial charge in [0.25, 0.3) is 11.1 Å². The van der Waals surface area contributed by atoms with Gasteiger partial charge in [-0.25, -0.2) is 4.98 Å². The summed E-state index contributed by atoms with van der Waals surface area (Å²) in [5, 5.41) is 2.55. The van der Waals surface area contributed by atoms with Gasteiger partial charge in [-0.1, -0.05) is 23.5 Å². The smallest absolute Gasteiger partial charge is 0.273 e. The number of hydrogen-bond acceptors (Lipinski definition) is 4. The quantitative estimate of drug-likeness (QED) is 0.851. The average molecular weight is 353 g/mol. The molecule has 2 heterocycles. The first-order valence-corrected chi connectivity index (χ1v) is 8.01. The van der Waals surface area contributed by atoms with Crippen molar-refractivity contribution >= 4 is 33.2 Å². The van der Waals surface area contributed by atoms with Crippen LogP contribution in [0.1, 0.15) is 16.8 Å². The second kappa shape index (κ2) is 5.93. The highest BCUT2D eigenvalue weighted by molar-refractivity contribution is 9.10. The molecule has 1 atom stereocenters. The van der Waals surface area contributed by atoms with Gasteiger partial charge >= 0.3 is 0 Å². The van der Waals surface area contributed by atoms with Gasteiger partial charge in [0.15, 0.2) is 0 Å². The van der Waals surface area contributed by atoms with E-state index >= 15 is 0 Å². The van der Waals surface area contributed by atoms with Crippen molar-refractivity contribution in [3.63, 3.8) is 0 Å². The van der Waals surface area contributed by atoms with Gasteiger partial charge in [0, 0.05) is 29.0 Å². The van der Waals surface area contributed by atoms with Gasteiger partial charge in [-0.3, -0.25) is 4.79 Å². The molecule has 0 bridgehead atoms. The van der Waals surface area contributed by atoms with E-state index in [4.69, 9.17) is 4.74 Å². The number of ether oxygens (including phenoxy) is 1. The Hall–Kier alpha value is -1.40. The van der Waals surface area contributed by atoms with Crippen molar-refractivity contribution in [2.24, 2.45) is 0 Å². The molecule has 1 aromatic carbocycles. The molecule has 0 aliphatic carbocycles. The Morgan fingerprint density at radius 3 is 3.05 bits per heavy atom. The number of benzene rings is 1. The highest BCUT2D eigenvalue weighted by Gasteiger charge is 2.29. The number of rotatable bonds is 3. The highest BCUT2D eigenvalue weighted by atomic mass is 79.9. The Bertz CT molecular complexity index is 603. The van der Waals surface area contributed by atoms with Crippen LogP contribution in [0.5, 0.6) is 5.19 Å². The third-order valence-corrected chi connectivity index (χ3v) is 4.57. The van der Waals surface area contributed by atoms with E-state index in [0.717, 1.165) is 17.4 Å². The van der Waals surface area contributed by atoms with Crippen LogP contribution in [0.3, 0.4) is 0 Å². The van der Waals surface area contributed by atoms with Crippen LogP contribution in [-0.2, 0) is 0 Å². The molecule has 1 saturated heterocycles. The van der Waals surface area contributed by atoms with Crippen LogP contribution in [0.2, 0.25) is 0 Å². The Balaban J connectivity index is 1.65. The van der Waals surface area contributed by atoms with E-state index in [1.54, 1.807) is 6.20 Å². The molecule has 0 radical (unpaired) electrons. The lowest BCUT2D eigenvalue weighted by Crippen LogP contribution is -2.31. The van der Waals surface area contributed by atoms with Crippen LogP contribution in [0.25, 0.3) is 0 Å². The molecule has 1 aromatic heterocycles. The number of likely N-dealkylation sites (tertiary alicyclic amines) is 1. The Morgan fingerprint density at radius 1 is 1.45 bits per heavy atom. The Kier molecular flexibility index (Phi) is 4.03. The predicted molar refractivity (Wildman–Crippen MR) is 81.2 cm³/mol. The van der Waals surface area contributed by atoms with Gasteiger partial charge < -0.3 is 9.64 Å². The summed E-state index contributed by atoms with van der Waals surface area (Å²) >= 11 is 4.89. The maximum atomic E-state index is 12.4. The maximum Gasteiger partial charge on any atom is 0.273 e. The van der Waals surface area contributed by atoms with E-state index in [1.807, 2.05) is 34.5 Å². The summed E-state index contributed by atoms with van der Waals surface area (Å²) in [5.74, 6) is 0.0442. The lowest BCUT2D eigenvalue weighted by molar-refractivity contribution is 0.0771. The van der Waals surface area contributed by atoms with Gasteiger partial charge in [0.05, 0.1) is 12.1 Å². The molecule has 3 rings (SSSR count). The van der Waals surface area contributed by atoms with Crippen LogP contribution in [0.4, 0.5) is 0 Å². The second-order valence-corrected chi connectivity index (χ2v) is 6.27.